The number of nitrogens with one attached hydrogen (secondary N) is 2. The monoisotopic (exact) mass is 301 g/mol. The number of carboxylic acids is 2. The quantitative estimate of drug-likeness (QED) is 0.413. The molecule has 0 aliphatic rings. The molecule has 1 rings (SSSR count). The van der Waals surface area contributed by atoms with E-state index >= 15 is 0 Å². The highest BCUT2D eigenvalue weighted by molar-refractivity contribution is 5.86. The van der Waals surface area contributed by atoms with Gasteiger partial charge in [-0.25, -0.2) is 9.59 Å². The third-order valence-corrected chi connectivity index (χ3v) is 2.27. The summed E-state index contributed by atoms with van der Waals surface area (Å²) in [6.45, 7) is 1.50. The van der Waals surface area contributed by atoms with Gasteiger partial charge in [-0.15, -0.1) is 0 Å². The van der Waals surface area contributed by atoms with Crippen LogP contribution in [0.15, 0.2) is 4.52 Å². The van der Waals surface area contributed by atoms with E-state index in [9.17, 15) is 14.4 Å². The van der Waals surface area contributed by atoms with Gasteiger partial charge in [0.2, 0.25) is 5.89 Å². The Morgan fingerprint density at radius 2 is 2.05 bits per heavy atom. The van der Waals surface area contributed by atoms with Crippen molar-refractivity contribution in [3.8, 4) is 0 Å². The lowest BCUT2D eigenvalue weighted by molar-refractivity contribution is -0.145. The van der Waals surface area contributed by atoms with E-state index in [2.05, 4.69) is 15.5 Å². The number of urea groups is 1. The summed E-state index contributed by atoms with van der Waals surface area (Å²) in [5.41, 5.74) is 5.52. The molecule has 1 aromatic rings. The lowest BCUT2D eigenvalue weighted by Crippen LogP contribution is -2.46. The molecule has 0 aliphatic heterocycles. The van der Waals surface area contributed by atoms with Crippen LogP contribution in [-0.4, -0.2) is 44.4 Å². The smallest absolute Gasteiger partial charge is 0.326 e. The van der Waals surface area contributed by atoms with Crippen LogP contribution in [-0.2, 0) is 16.1 Å². The minimum atomic E-state index is -1.54. The first kappa shape index (κ1) is 16.4. The van der Waals surface area contributed by atoms with Gasteiger partial charge < -0.3 is 31.1 Å². The van der Waals surface area contributed by atoms with Crippen LogP contribution in [0.3, 0.4) is 0 Å². The van der Waals surface area contributed by atoms with Crippen LogP contribution >= 0.6 is 0 Å². The second-order valence-electron chi connectivity index (χ2n) is 4.15. The number of hydrogen-bond acceptors (Lipinski definition) is 7. The molecule has 2 atom stereocenters. The van der Waals surface area contributed by atoms with E-state index in [4.69, 9.17) is 20.5 Å². The molecule has 0 saturated heterocycles. The Hall–Kier alpha value is -2.69. The third kappa shape index (κ3) is 5.44. The maximum atomic E-state index is 11.5. The number of nitrogens with two attached hydrogens (primary N) is 1. The molecule has 1 heterocycles. The molecular weight excluding hydrogens is 286 g/mol. The normalized spacial score (nSPS) is 13.2. The predicted molar refractivity (Wildman–Crippen MR) is 65.9 cm³/mol. The fourth-order valence-electron chi connectivity index (χ4n) is 1.26. The summed E-state index contributed by atoms with van der Waals surface area (Å²) in [6, 6.07) is -2.84. The van der Waals surface area contributed by atoms with Crippen molar-refractivity contribution in [1.82, 2.24) is 20.8 Å². The summed E-state index contributed by atoms with van der Waals surface area (Å²) in [7, 11) is 0. The van der Waals surface area contributed by atoms with Crippen LogP contribution < -0.4 is 16.4 Å². The second kappa shape index (κ2) is 7.19. The topological polar surface area (TPSA) is 181 Å². The average Bonchev–Trinajstić information content (AvgIpc) is 2.83. The lowest BCUT2D eigenvalue weighted by Gasteiger charge is -2.12. The largest absolute Gasteiger partial charge is 0.481 e. The Morgan fingerprint density at radius 1 is 1.38 bits per heavy atom. The van der Waals surface area contributed by atoms with E-state index in [1.165, 1.54) is 0 Å². The average molecular weight is 301 g/mol. The number of carbonyl (C=O) groups is 3. The van der Waals surface area contributed by atoms with Crippen LogP contribution in [0.4, 0.5) is 4.79 Å². The fraction of sp³-hybridized carbons (Fsp3) is 0.500. The number of carboxylic acid groups (broad SMARTS) is 2. The molecule has 116 valence electrons. The van der Waals surface area contributed by atoms with E-state index in [1.807, 2.05) is 5.32 Å². The number of aliphatic carboxylic acids is 2. The van der Waals surface area contributed by atoms with Gasteiger partial charge in [0.25, 0.3) is 0 Å². The Bertz CT molecular complexity index is 528. The Balaban J connectivity index is 2.48. The molecule has 0 aliphatic carbocycles. The van der Waals surface area contributed by atoms with E-state index in [1.54, 1.807) is 6.92 Å². The molecule has 0 unspecified atom stereocenters. The number of hydrogen-bond donors (Lipinski definition) is 5. The van der Waals surface area contributed by atoms with Crippen molar-refractivity contribution in [2.45, 2.75) is 32.0 Å². The first-order chi connectivity index (χ1) is 9.79. The van der Waals surface area contributed by atoms with Gasteiger partial charge >= 0.3 is 18.0 Å². The summed E-state index contributed by atoms with van der Waals surface area (Å²) < 4.78 is 4.80. The standard InChI is InChI=1S/C10H15N5O6/c1-4(11)8-14-6(21-15-8)3-12-10(20)13-5(9(18)19)2-7(16)17/h4-5H,2-3,11H2,1H3,(H,16,17)(H,18,19)(H2,12,13,20)/t4-,5-/m0/s1. The summed E-state index contributed by atoms with van der Waals surface area (Å²) in [4.78, 5) is 36.6. The van der Waals surface area contributed by atoms with Crippen molar-refractivity contribution in [3.63, 3.8) is 0 Å². The molecule has 11 heteroatoms. The van der Waals surface area contributed by atoms with E-state index in [0.29, 0.717) is 0 Å². The van der Waals surface area contributed by atoms with Crippen LogP contribution in [0.1, 0.15) is 31.1 Å². The van der Waals surface area contributed by atoms with Crippen molar-refractivity contribution >= 4 is 18.0 Å². The first-order valence-electron chi connectivity index (χ1n) is 5.86. The molecule has 2 amide bonds. The number of carbonyl (C=O) groups excluding carboxylic acids is 1. The maximum absolute atomic E-state index is 11.5. The number of nitrogens with zero attached hydrogens (tertiary/aromatic N) is 2. The zero-order valence-corrected chi connectivity index (χ0v) is 11.1. The summed E-state index contributed by atoms with van der Waals surface area (Å²) in [5.74, 6) is -2.45. The second-order valence-corrected chi connectivity index (χ2v) is 4.15. The highest BCUT2D eigenvalue weighted by Gasteiger charge is 2.23. The highest BCUT2D eigenvalue weighted by atomic mass is 16.5. The van der Waals surface area contributed by atoms with Gasteiger partial charge in [0, 0.05) is 0 Å². The minimum absolute atomic E-state index is 0.0857. The molecule has 0 bridgehead atoms. The van der Waals surface area contributed by atoms with E-state index < -0.39 is 36.5 Å². The lowest BCUT2D eigenvalue weighted by atomic mass is 10.2. The summed E-state index contributed by atoms with van der Waals surface area (Å²) in [6.07, 6.45) is -0.738. The van der Waals surface area contributed by atoms with Crippen molar-refractivity contribution in [2.75, 3.05) is 0 Å². The van der Waals surface area contributed by atoms with Crippen LogP contribution in [0.2, 0.25) is 0 Å². The maximum Gasteiger partial charge on any atom is 0.326 e. The SMILES string of the molecule is C[C@H](N)c1noc(CNC(=O)N[C@@H](CC(=O)O)C(=O)O)n1. The molecule has 1 aromatic heterocycles. The molecule has 6 N–H and O–H groups in total. The number of amides is 2. The molecule has 11 nitrogen and oxygen atoms in total. The van der Waals surface area contributed by atoms with Gasteiger partial charge in [-0.1, -0.05) is 5.16 Å². The first-order valence-corrected chi connectivity index (χ1v) is 5.86. The van der Waals surface area contributed by atoms with Crippen molar-refractivity contribution in [3.05, 3.63) is 11.7 Å². The van der Waals surface area contributed by atoms with Crippen molar-refractivity contribution < 1.29 is 29.1 Å². The Morgan fingerprint density at radius 3 is 2.52 bits per heavy atom. The van der Waals surface area contributed by atoms with Crippen LogP contribution in [0, 0.1) is 0 Å². The predicted octanol–water partition coefficient (Wildman–Crippen LogP) is -1.18. The molecular formula is C10H15N5O6. The van der Waals surface area contributed by atoms with Gasteiger partial charge in [-0.05, 0) is 6.92 Å². The Kier molecular flexibility index (Phi) is 5.60. The number of aromatic nitrogens is 2. The molecule has 0 aromatic carbocycles. The van der Waals surface area contributed by atoms with Gasteiger partial charge in [-0.2, -0.15) is 4.98 Å². The zero-order valence-electron chi connectivity index (χ0n) is 11.1. The zero-order chi connectivity index (χ0) is 16.0. The molecule has 21 heavy (non-hydrogen) atoms. The van der Waals surface area contributed by atoms with Crippen molar-refractivity contribution in [2.24, 2.45) is 5.73 Å². The van der Waals surface area contributed by atoms with Crippen molar-refractivity contribution in [1.29, 1.82) is 0 Å². The Labute approximate surface area is 118 Å². The molecule has 0 radical (unpaired) electrons. The highest BCUT2D eigenvalue weighted by Crippen LogP contribution is 2.04. The minimum Gasteiger partial charge on any atom is -0.481 e. The van der Waals surface area contributed by atoms with Gasteiger partial charge in [0.15, 0.2) is 5.82 Å². The number of rotatable bonds is 7. The molecule has 0 fully saturated rings. The van der Waals surface area contributed by atoms with Crippen LogP contribution in [0.25, 0.3) is 0 Å². The van der Waals surface area contributed by atoms with Gasteiger partial charge in [0.05, 0.1) is 19.0 Å². The van der Waals surface area contributed by atoms with E-state index in [-0.39, 0.29) is 18.3 Å². The fourth-order valence-corrected chi connectivity index (χ4v) is 1.26. The summed E-state index contributed by atoms with van der Waals surface area (Å²) in [5, 5.41) is 25.1. The van der Waals surface area contributed by atoms with Gasteiger partial charge in [0.1, 0.15) is 6.04 Å². The summed E-state index contributed by atoms with van der Waals surface area (Å²) >= 11 is 0. The van der Waals surface area contributed by atoms with E-state index in [0.717, 1.165) is 0 Å². The van der Waals surface area contributed by atoms with Crippen LogP contribution in [0.5, 0.6) is 0 Å². The molecule has 0 saturated carbocycles. The van der Waals surface area contributed by atoms with Gasteiger partial charge in [-0.3, -0.25) is 4.79 Å². The molecule has 0 spiro atoms. The third-order valence-electron chi connectivity index (χ3n) is 2.27.